The van der Waals surface area contributed by atoms with Gasteiger partial charge in [-0.25, -0.2) is 4.98 Å². The Balaban J connectivity index is 2.22. The summed E-state index contributed by atoms with van der Waals surface area (Å²) in [4.78, 5) is 6.21. The average molecular weight is 266 g/mol. The van der Waals surface area contributed by atoms with Crippen molar-refractivity contribution in [2.45, 2.75) is 65.3 Å². The van der Waals surface area contributed by atoms with Gasteiger partial charge >= 0.3 is 0 Å². The zero-order valence-electron chi connectivity index (χ0n) is 12.2. The predicted octanol–water partition coefficient (Wildman–Crippen LogP) is 4.16. The number of nitrogens with one attached hydrogen (secondary N) is 1. The maximum atomic E-state index is 4.83. The van der Waals surface area contributed by atoms with E-state index < -0.39 is 0 Å². The van der Waals surface area contributed by atoms with Crippen molar-refractivity contribution in [1.29, 1.82) is 0 Å². The lowest BCUT2D eigenvalue weighted by atomic mass is 9.76. The molecule has 1 aliphatic carbocycles. The van der Waals surface area contributed by atoms with Gasteiger partial charge in [-0.3, -0.25) is 0 Å². The monoisotopic (exact) mass is 266 g/mol. The molecule has 0 saturated heterocycles. The van der Waals surface area contributed by atoms with Gasteiger partial charge in [-0.15, -0.1) is 11.3 Å². The van der Waals surface area contributed by atoms with Gasteiger partial charge in [0.1, 0.15) is 5.01 Å². The molecule has 1 N–H and O–H groups in total. The fourth-order valence-electron chi connectivity index (χ4n) is 3.06. The summed E-state index contributed by atoms with van der Waals surface area (Å²) in [6.45, 7) is 9.89. The average Bonchev–Trinajstić information content (AvgIpc) is 2.71. The molecule has 0 aliphatic heterocycles. The first-order valence-electron chi connectivity index (χ1n) is 7.31. The molecular formula is C15H26N2S. The fraction of sp³-hybridized carbons (Fsp3) is 0.800. The van der Waals surface area contributed by atoms with Crippen molar-refractivity contribution in [3.63, 3.8) is 0 Å². The van der Waals surface area contributed by atoms with Gasteiger partial charge in [0.25, 0.3) is 0 Å². The Morgan fingerprint density at radius 2 is 1.94 bits per heavy atom. The first-order chi connectivity index (χ1) is 8.61. The van der Waals surface area contributed by atoms with Crippen LogP contribution in [-0.4, -0.2) is 11.5 Å². The molecule has 1 fully saturated rings. The molecule has 1 saturated carbocycles. The second-order valence-electron chi connectivity index (χ2n) is 5.62. The minimum atomic E-state index is 0.171. The van der Waals surface area contributed by atoms with E-state index in [2.05, 4.69) is 33.0 Å². The molecule has 1 heterocycles. The van der Waals surface area contributed by atoms with Crippen LogP contribution >= 0.6 is 11.3 Å². The van der Waals surface area contributed by atoms with Crippen molar-refractivity contribution in [3.05, 3.63) is 15.6 Å². The molecule has 0 atom stereocenters. The standard InChI is InChI=1S/C15H26N2S/c1-5-13-7-9-15(10-8-13,16-6-2)14-17-11(3)12(4)18-14/h13,16H,5-10H2,1-4H3. The number of aryl methyl sites for hydroxylation is 2. The Hall–Kier alpha value is -0.410. The highest BCUT2D eigenvalue weighted by molar-refractivity contribution is 7.11. The molecular weight excluding hydrogens is 240 g/mol. The number of nitrogens with zero attached hydrogens (tertiary/aromatic N) is 1. The molecule has 0 bridgehead atoms. The van der Waals surface area contributed by atoms with E-state index in [0.717, 1.165) is 12.5 Å². The maximum Gasteiger partial charge on any atom is 0.113 e. The third-order valence-electron chi connectivity index (χ3n) is 4.49. The van der Waals surface area contributed by atoms with Gasteiger partial charge in [0.15, 0.2) is 0 Å². The SMILES string of the molecule is CCNC1(c2nc(C)c(C)s2)CCC(CC)CC1. The van der Waals surface area contributed by atoms with Crippen LogP contribution in [0.1, 0.15) is 61.5 Å². The molecule has 0 radical (unpaired) electrons. The van der Waals surface area contributed by atoms with E-state index >= 15 is 0 Å². The minimum absolute atomic E-state index is 0.171. The topological polar surface area (TPSA) is 24.9 Å². The molecule has 0 unspecified atom stereocenters. The van der Waals surface area contributed by atoms with Crippen LogP contribution in [0.3, 0.4) is 0 Å². The van der Waals surface area contributed by atoms with Crippen molar-refractivity contribution in [2.75, 3.05) is 6.54 Å². The van der Waals surface area contributed by atoms with E-state index in [9.17, 15) is 0 Å². The molecule has 1 aromatic rings. The highest BCUT2D eigenvalue weighted by atomic mass is 32.1. The molecule has 1 aromatic heterocycles. The van der Waals surface area contributed by atoms with Gasteiger partial charge in [0.2, 0.25) is 0 Å². The van der Waals surface area contributed by atoms with Crippen molar-refractivity contribution >= 4 is 11.3 Å². The highest BCUT2D eigenvalue weighted by Crippen LogP contribution is 2.42. The van der Waals surface area contributed by atoms with E-state index in [4.69, 9.17) is 4.98 Å². The van der Waals surface area contributed by atoms with Crippen molar-refractivity contribution in [2.24, 2.45) is 5.92 Å². The smallest absolute Gasteiger partial charge is 0.113 e. The Kier molecular flexibility index (Phi) is 4.44. The van der Waals surface area contributed by atoms with E-state index in [1.165, 1.54) is 47.7 Å². The van der Waals surface area contributed by atoms with E-state index in [-0.39, 0.29) is 5.54 Å². The van der Waals surface area contributed by atoms with Crippen LogP contribution in [0.2, 0.25) is 0 Å². The molecule has 2 nitrogen and oxygen atoms in total. The Morgan fingerprint density at radius 1 is 1.28 bits per heavy atom. The van der Waals surface area contributed by atoms with Crippen LogP contribution in [0, 0.1) is 19.8 Å². The Labute approximate surface area is 115 Å². The summed E-state index contributed by atoms with van der Waals surface area (Å²) in [5, 5.41) is 5.08. The van der Waals surface area contributed by atoms with E-state index in [0.29, 0.717) is 0 Å². The number of aromatic nitrogens is 1. The first-order valence-corrected chi connectivity index (χ1v) is 8.12. The quantitative estimate of drug-likeness (QED) is 0.885. The zero-order chi connectivity index (χ0) is 13.2. The van der Waals surface area contributed by atoms with Gasteiger partial charge in [0, 0.05) is 4.88 Å². The van der Waals surface area contributed by atoms with E-state index in [1.54, 1.807) is 0 Å². The van der Waals surface area contributed by atoms with Crippen molar-refractivity contribution in [1.82, 2.24) is 10.3 Å². The van der Waals surface area contributed by atoms with Crippen molar-refractivity contribution in [3.8, 4) is 0 Å². The fourth-order valence-corrected chi connectivity index (χ4v) is 4.20. The second kappa shape index (κ2) is 5.70. The normalized spacial score (nSPS) is 28.6. The highest BCUT2D eigenvalue weighted by Gasteiger charge is 2.38. The molecule has 0 amide bonds. The third-order valence-corrected chi connectivity index (χ3v) is 5.77. The van der Waals surface area contributed by atoms with Crippen LogP contribution in [0.4, 0.5) is 0 Å². The summed E-state index contributed by atoms with van der Waals surface area (Å²) in [5.41, 5.74) is 1.38. The summed E-state index contributed by atoms with van der Waals surface area (Å²) < 4.78 is 0. The number of hydrogen-bond acceptors (Lipinski definition) is 3. The molecule has 102 valence electrons. The number of hydrogen-bond donors (Lipinski definition) is 1. The van der Waals surface area contributed by atoms with E-state index in [1.807, 2.05) is 11.3 Å². The predicted molar refractivity (Wildman–Crippen MR) is 79.2 cm³/mol. The molecule has 3 heteroatoms. The lowest BCUT2D eigenvalue weighted by Gasteiger charge is -2.39. The second-order valence-corrected chi connectivity index (χ2v) is 6.83. The molecule has 0 spiro atoms. The number of thiazole rings is 1. The lowest BCUT2D eigenvalue weighted by molar-refractivity contribution is 0.187. The lowest BCUT2D eigenvalue weighted by Crippen LogP contribution is -2.45. The summed E-state index contributed by atoms with van der Waals surface area (Å²) in [6, 6.07) is 0. The zero-order valence-corrected chi connectivity index (χ0v) is 13.0. The largest absolute Gasteiger partial charge is 0.306 e. The summed E-state index contributed by atoms with van der Waals surface area (Å²) in [6.07, 6.45) is 6.54. The molecule has 1 aliphatic rings. The summed E-state index contributed by atoms with van der Waals surface area (Å²) in [5.74, 6) is 0.930. The van der Waals surface area contributed by atoms with Gasteiger partial charge in [-0.1, -0.05) is 20.3 Å². The van der Waals surface area contributed by atoms with Gasteiger partial charge in [-0.2, -0.15) is 0 Å². The van der Waals surface area contributed by atoms with Gasteiger partial charge in [-0.05, 0) is 52.0 Å². The van der Waals surface area contributed by atoms with Crippen LogP contribution in [0.5, 0.6) is 0 Å². The maximum absolute atomic E-state index is 4.83. The Morgan fingerprint density at radius 3 is 2.39 bits per heavy atom. The molecule has 0 aromatic carbocycles. The third kappa shape index (κ3) is 2.62. The molecule has 18 heavy (non-hydrogen) atoms. The van der Waals surface area contributed by atoms with Crippen molar-refractivity contribution < 1.29 is 0 Å². The minimum Gasteiger partial charge on any atom is -0.306 e. The number of rotatable bonds is 4. The Bertz CT molecular complexity index is 370. The van der Waals surface area contributed by atoms with Gasteiger partial charge in [0.05, 0.1) is 11.2 Å². The summed E-state index contributed by atoms with van der Waals surface area (Å²) >= 11 is 1.89. The van der Waals surface area contributed by atoms with Crippen LogP contribution in [0.25, 0.3) is 0 Å². The van der Waals surface area contributed by atoms with Gasteiger partial charge < -0.3 is 5.32 Å². The molecule has 2 rings (SSSR count). The van der Waals surface area contributed by atoms with Crippen LogP contribution in [0.15, 0.2) is 0 Å². The van der Waals surface area contributed by atoms with Crippen LogP contribution in [-0.2, 0) is 5.54 Å². The van der Waals surface area contributed by atoms with Crippen LogP contribution < -0.4 is 5.32 Å². The first kappa shape index (κ1) is 14.0. The summed E-state index contributed by atoms with van der Waals surface area (Å²) in [7, 11) is 0.